The van der Waals surface area contributed by atoms with E-state index in [-0.39, 0.29) is 18.1 Å². The van der Waals surface area contributed by atoms with E-state index >= 15 is 0 Å². The molecular weight excluding hydrogens is 254 g/mol. The van der Waals surface area contributed by atoms with Crippen molar-refractivity contribution in [3.8, 4) is 0 Å². The van der Waals surface area contributed by atoms with Crippen LogP contribution in [0.4, 0.5) is 5.69 Å². The Morgan fingerprint density at radius 2 is 1.65 bits per heavy atom. The van der Waals surface area contributed by atoms with Gasteiger partial charge in [0.05, 0.1) is 13.2 Å². The van der Waals surface area contributed by atoms with Crippen molar-refractivity contribution in [3.63, 3.8) is 0 Å². The van der Waals surface area contributed by atoms with Crippen molar-refractivity contribution >= 4 is 11.6 Å². The van der Waals surface area contributed by atoms with E-state index in [0.29, 0.717) is 13.2 Å². The summed E-state index contributed by atoms with van der Waals surface area (Å²) in [4.78, 5) is 12.2. The first-order chi connectivity index (χ1) is 9.79. The highest BCUT2D eigenvalue weighted by Crippen LogP contribution is 2.54. The van der Waals surface area contributed by atoms with E-state index in [4.69, 9.17) is 9.47 Å². The zero-order valence-electron chi connectivity index (χ0n) is 11.4. The minimum atomic E-state index is -0.248. The third kappa shape index (κ3) is 2.34. The Labute approximate surface area is 118 Å². The van der Waals surface area contributed by atoms with Gasteiger partial charge in [-0.25, -0.2) is 0 Å². The van der Waals surface area contributed by atoms with Crippen molar-refractivity contribution in [3.05, 3.63) is 29.8 Å². The van der Waals surface area contributed by atoms with Crippen LogP contribution in [-0.4, -0.2) is 19.1 Å². The largest absolute Gasteiger partial charge is 0.346 e. The molecule has 4 heteroatoms. The van der Waals surface area contributed by atoms with Crippen LogP contribution in [0.5, 0.6) is 0 Å². The number of hydrogen-bond donors (Lipinski definition) is 1. The smallest absolute Gasteiger partial charge is 0.227 e. The summed E-state index contributed by atoms with van der Waals surface area (Å²) in [7, 11) is 0. The Balaban J connectivity index is 1.37. The highest BCUT2D eigenvalue weighted by atomic mass is 16.7. The molecule has 20 heavy (non-hydrogen) atoms. The van der Waals surface area contributed by atoms with Gasteiger partial charge in [0.15, 0.2) is 6.29 Å². The minimum Gasteiger partial charge on any atom is -0.346 e. The van der Waals surface area contributed by atoms with Crippen LogP contribution in [0.2, 0.25) is 0 Å². The number of amides is 1. The van der Waals surface area contributed by atoms with E-state index < -0.39 is 0 Å². The van der Waals surface area contributed by atoms with E-state index in [1.165, 1.54) is 6.42 Å². The van der Waals surface area contributed by atoms with Gasteiger partial charge in [-0.2, -0.15) is 0 Å². The van der Waals surface area contributed by atoms with E-state index in [9.17, 15) is 4.79 Å². The third-order valence-electron chi connectivity index (χ3n) is 4.69. The van der Waals surface area contributed by atoms with Gasteiger partial charge in [0.25, 0.3) is 0 Å². The summed E-state index contributed by atoms with van der Waals surface area (Å²) in [5, 5.41) is 3.02. The van der Waals surface area contributed by atoms with E-state index in [0.717, 1.165) is 35.9 Å². The number of benzene rings is 1. The molecule has 1 heterocycles. The van der Waals surface area contributed by atoms with Crippen LogP contribution in [0.25, 0.3) is 0 Å². The quantitative estimate of drug-likeness (QED) is 0.921. The predicted molar refractivity (Wildman–Crippen MR) is 74.0 cm³/mol. The molecular formula is C16H19NO3. The molecule has 0 aromatic heterocycles. The maximum absolute atomic E-state index is 12.2. The number of carbonyl (C=O) groups is 1. The summed E-state index contributed by atoms with van der Waals surface area (Å²) < 4.78 is 10.9. The van der Waals surface area contributed by atoms with Crippen molar-refractivity contribution in [1.29, 1.82) is 0 Å². The lowest BCUT2D eigenvalue weighted by Crippen LogP contribution is -2.21. The zero-order chi connectivity index (χ0) is 13.5. The average molecular weight is 273 g/mol. The number of anilines is 1. The van der Waals surface area contributed by atoms with Crippen LogP contribution >= 0.6 is 0 Å². The maximum atomic E-state index is 12.2. The molecule has 2 aliphatic carbocycles. The van der Waals surface area contributed by atoms with Gasteiger partial charge >= 0.3 is 0 Å². The Bertz CT molecular complexity index is 497. The van der Waals surface area contributed by atoms with Gasteiger partial charge < -0.3 is 14.8 Å². The zero-order valence-corrected chi connectivity index (χ0v) is 11.4. The molecule has 0 spiro atoms. The maximum Gasteiger partial charge on any atom is 0.227 e. The van der Waals surface area contributed by atoms with Gasteiger partial charge in [-0.3, -0.25) is 4.79 Å². The van der Waals surface area contributed by atoms with E-state index in [2.05, 4.69) is 5.32 Å². The van der Waals surface area contributed by atoms with Crippen LogP contribution in [0.3, 0.4) is 0 Å². The molecule has 3 aliphatic rings. The molecule has 2 atom stereocenters. The van der Waals surface area contributed by atoms with Crippen molar-refractivity contribution in [2.24, 2.45) is 17.8 Å². The third-order valence-corrected chi connectivity index (χ3v) is 4.69. The fourth-order valence-corrected chi connectivity index (χ4v) is 3.45. The van der Waals surface area contributed by atoms with Gasteiger partial charge in [-0.05, 0) is 43.2 Å². The molecule has 2 saturated carbocycles. The van der Waals surface area contributed by atoms with Crippen molar-refractivity contribution in [2.75, 3.05) is 18.5 Å². The summed E-state index contributed by atoms with van der Waals surface area (Å²) in [6, 6.07) is 7.76. The molecule has 1 N–H and O–H groups in total. The molecule has 106 valence electrons. The summed E-state index contributed by atoms with van der Waals surface area (Å²) in [5.41, 5.74) is 1.86. The van der Waals surface area contributed by atoms with Crippen LogP contribution in [0, 0.1) is 17.8 Å². The number of hydrogen-bond acceptors (Lipinski definition) is 3. The van der Waals surface area contributed by atoms with Crippen LogP contribution in [-0.2, 0) is 14.3 Å². The molecule has 1 aromatic rings. The number of nitrogens with one attached hydrogen (secondary N) is 1. The first-order valence-corrected chi connectivity index (χ1v) is 7.43. The second kappa shape index (κ2) is 4.86. The minimum absolute atomic E-state index is 0.179. The molecule has 1 aromatic carbocycles. The lowest BCUT2D eigenvalue weighted by molar-refractivity contribution is -0.120. The van der Waals surface area contributed by atoms with Gasteiger partial charge in [0.1, 0.15) is 0 Å². The summed E-state index contributed by atoms with van der Waals surface area (Å²) in [5.74, 6) is 2.08. The SMILES string of the molecule is O=C(Nc1ccc(C2OCCO2)cc1)C1CC2CC2C1. The second-order valence-corrected chi connectivity index (χ2v) is 6.11. The molecule has 1 amide bonds. The first kappa shape index (κ1) is 12.4. The lowest BCUT2D eigenvalue weighted by Gasteiger charge is -2.13. The lowest BCUT2D eigenvalue weighted by atomic mass is 10.0. The van der Waals surface area contributed by atoms with Crippen LogP contribution in [0.1, 0.15) is 31.1 Å². The molecule has 4 nitrogen and oxygen atoms in total. The van der Waals surface area contributed by atoms with Gasteiger partial charge in [0.2, 0.25) is 5.91 Å². The standard InChI is InChI=1S/C16H19NO3/c18-15(13-8-11-7-12(11)9-13)17-14-3-1-10(2-4-14)16-19-5-6-20-16/h1-4,11-13,16H,5-9H2,(H,17,18). The molecule has 3 fully saturated rings. The number of carbonyl (C=O) groups excluding carboxylic acids is 1. The van der Waals surface area contributed by atoms with Crippen molar-refractivity contribution < 1.29 is 14.3 Å². The Morgan fingerprint density at radius 3 is 2.30 bits per heavy atom. The normalized spacial score (nSPS) is 32.1. The second-order valence-electron chi connectivity index (χ2n) is 6.11. The summed E-state index contributed by atoms with van der Waals surface area (Å²) in [6.07, 6.45) is 3.26. The Morgan fingerprint density at radius 1 is 1.00 bits per heavy atom. The van der Waals surface area contributed by atoms with Gasteiger partial charge in [-0.15, -0.1) is 0 Å². The molecule has 1 saturated heterocycles. The number of fused-ring (bicyclic) bond motifs is 1. The van der Waals surface area contributed by atoms with E-state index in [1.807, 2.05) is 24.3 Å². The predicted octanol–water partition coefficient (Wildman–Crippen LogP) is 2.72. The van der Waals surface area contributed by atoms with Crippen LogP contribution < -0.4 is 5.32 Å². The van der Waals surface area contributed by atoms with Crippen molar-refractivity contribution in [1.82, 2.24) is 0 Å². The average Bonchev–Trinajstić information content (AvgIpc) is 2.92. The van der Waals surface area contributed by atoms with Crippen LogP contribution in [0.15, 0.2) is 24.3 Å². The molecule has 4 rings (SSSR count). The van der Waals surface area contributed by atoms with Gasteiger partial charge in [0, 0.05) is 17.2 Å². The Hall–Kier alpha value is -1.39. The highest BCUT2D eigenvalue weighted by Gasteiger charge is 2.47. The molecule has 0 bridgehead atoms. The Kier molecular flexibility index (Phi) is 3.00. The number of rotatable bonds is 3. The molecule has 0 radical (unpaired) electrons. The van der Waals surface area contributed by atoms with E-state index in [1.54, 1.807) is 0 Å². The topological polar surface area (TPSA) is 47.6 Å². The number of ether oxygens (including phenoxy) is 2. The highest BCUT2D eigenvalue weighted by molar-refractivity contribution is 5.92. The summed E-state index contributed by atoms with van der Waals surface area (Å²) in [6.45, 7) is 1.29. The summed E-state index contributed by atoms with van der Waals surface area (Å²) >= 11 is 0. The van der Waals surface area contributed by atoms with Crippen molar-refractivity contribution in [2.45, 2.75) is 25.6 Å². The monoisotopic (exact) mass is 273 g/mol. The fraction of sp³-hybridized carbons (Fsp3) is 0.562. The molecule has 2 unspecified atom stereocenters. The van der Waals surface area contributed by atoms with Gasteiger partial charge in [-0.1, -0.05) is 12.1 Å². The molecule has 1 aliphatic heterocycles. The fourth-order valence-electron chi connectivity index (χ4n) is 3.45. The first-order valence-electron chi connectivity index (χ1n) is 7.43.